The summed E-state index contributed by atoms with van der Waals surface area (Å²) >= 11 is 0. The van der Waals surface area contributed by atoms with Crippen LogP contribution in [0.25, 0.3) is 0 Å². The van der Waals surface area contributed by atoms with Crippen LogP contribution in [0.3, 0.4) is 0 Å². The Kier molecular flexibility index (Phi) is 3.58. The van der Waals surface area contributed by atoms with Gasteiger partial charge in [-0.1, -0.05) is 5.16 Å². The number of rotatable bonds is 4. The Bertz CT molecular complexity index is 308. The standard InChI is InChI=1S/C8H14N4O2/c1-5(9)3-4-7(13)11-8-10-6(2)12-14-8/h5H,3-4,9H2,1-2H3,(H,10,11,12,13). The lowest BCUT2D eigenvalue weighted by Gasteiger charge is -2.02. The van der Waals surface area contributed by atoms with E-state index >= 15 is 0 Å². The molecule has 0 aliphatic rings. The molecule has 1 heterocycles. The number of aryl methyl sites for hydroxylation is 1. The molecule has 78 valence electrons. The predicted molar refractivity (Wildman–Crippen MR) is 50.5 cm³/mol. The van der Waals surface area contributed by atoms with Gasteiger partial charge in [-0.25, -0.2) is 0 Å². The van der Waals surface area contributed by atoms with Gasteiger partial charge in [-0.15, -0.1) is 0 Å². The van der Waals surface area contributed by atoms with E-state index in [9.17, 15) is 4.79 Å². The molecule has 1 aromatic rings. The zero-order chi connectivity index (χ0) is 10.6. The molecule has 1 unspecified atom stereocenters. The Balaban J connectivity index is 2.34. The third-order valence-electron chi connectivity index (χ3n) is 1.60. The van der Waals surface area contributed by atoms with Crippen LogP contribution in [0.4, 0.5) is 6.01 Å². The summed E-state index contributed by atoms with van der Waals surface area (Å²) in [7, 11) is 0. The molecule has 0 bridgehead atoms. The molecule has 1 rings (SSSR count). The Morgan fingerprint density at radius 3 is 2.93 bits per heavy atom. The maximum absolute atomic E-state index is 11.2. The number of hydrogen-bond acceptors (Lipinski definition) is 5. The smallest absolute Gasteiger partial charge is 0.328 e. The third kappa shape index (κ3) is 3.53. The van der Waals surface area contributed by atoms with Crippen LogP contribution < -0.4 is 11.1 Å². The largest absolute Gasteiger partial charge is 0.328 e. The fourth-order valence-electron chi connectivity index (χ4n) is 0.888. The van der Waals surface area contributed by atoms with Crippen molar-refractivity contribution in [1.82, 2.24) is 10.1 Å². The van der Waals surface area contributed by atoms with Gasteiger partial charge < -0.3 is 10.3 Å². The predicted octanol–water partition coefficient (Wildman–Crippen LogP) is 0.444. The fourth-order valence-corrected chi connectivity index (χ4v) is 0.888. The molecule has 0 radical (unpaired) electrons. The van der Waals surface area contributed by atoms with Gasteiger partial charge >= 0.3 is 6.01 Å². The number of nitrogens with zero attached hydrogens (tertiary/aromatic N) is 2. The second kappa shape index (κ2) is 4.71. The number of hydrogen-bond donors (Lipinski definition) is 2. The highest BCUT2D eigenvalue weighted by atomic mass is 16.5. The molecule has 6 nitrogen and oxygen atoms in total. The average Bonchev–Trinajstić information content (AvgIpc) is 2.48. The number of amides is 1. The molecule has 0 saturated carbocycles. The number of nitrogens with one attached hydrogen (secondary N) is 1. The second-order valence-electron chi connectivity index (χ2n) is 3.21. The molecule has 0 aromatic carbocycles. The molecule has 0 spiro atoms. The van der Waals surface area contributed by atoms with Gasteiger partial charge in [0, 0.05) is 12.5 Å². The first-order valence-corrected chi connectivity index (χ1v) is 4.43. The third-order valence-corrected chi connectivity index (χ3v) is 1.60. The summed E-state index contributed by atoms with van der Waals surface area (Å²) in [5.41, 5.74) is 5.51. The maximum atomic E-state index is 11.2. The van der Waals surface area contributed by atoms with Crippen LogP contribution in [0.2, 0.25) is 0 Å². The van der Waals surface area contributed by atoms with Crippen molar-refractivity contribution >= 4 is 11.9 Å². The van der Waals surface area contributed by atoms with E-state index in [0.29, 0.717) is 18.7 Å². The first-order valence-electron chi connectivity index (χ1n) is 4.43. The zero-order valence-electron chi connectivity index (χ0n) is 8.28. The van der Waals surface area contributed by atoms with Gasteiger partial charge in [0.25, 0.3) is 0 Å². The van der Waals surface area contributed by atoms with E-state index in [1.54, 1.807) is 6.92 Å². The van der Waals surface area contributed by atoms with Gasteiger partial charge in [-0.2, -0.15) is 4.98 Å². The van der Waals surface area contributed by atoms with Crippen molar-refractivity contribution in [2.24, 2.45) is 5.73 Å². The van der Waals surface area contributed by atoms with Crippen molar-refractivity contribution in [3.05, 3.63) is 5.82 Å². The minimum atomic E-state index is -0.161. The Morgan fingerprint density at radius 2 is 2.43 bits per heavy atom. The molecule has 0 saturated heterocycles. The summed E-state index contributed by atoms with van der Waals surface area (Å²) in [6, 6.07) is 0.155. The first kappa shape index (κ1) is 10.6. The lowest BCUT2D eigenvalue weighted by molar-refractivity contribution is -0.116. The molecule has 3 N–H and O–H groups in total. The van der Waals surface area contributed by atoms with Gasteiger partial charge in [0.2, 0.25) is 5.91 Å². The quantitative estimate of drug-likeness (QED) is 0.732. The second-order valence-corrected chi connectivity index (χ2v) is 3.21. The molecule has 0 aliphatic carbocycles. The van der Waals surface area contributed by atoms with Crippen LogP contribution >= 0.6 is 0 Å². The highest BCUT2D eigenvalue weighted by Crippen LogP contribution is 2.03. The summed E-state index contributed by atoms with van der Waals surface area (Å²) in [4.78, 5) is 15.1. The van der Waals surface area contributed by atoms with E-state index in [4.69, 9.17) is 10.3 Å². The van der Waals surface area contributed by atoms with Gasteiger partial charge in [0.15, 0.2) is 5.82 Å². The number of carbonyl (C=O) groups excluding carboxylic acids is 1. The van der Waals surface area contributed by atoms with Crippen molar-refractivity contribution in [2.45, 2.75) is 32.7 Å². The van der Waals surface area contributed by atoms with E-state index in [1.165, 1.54) is 0 Å². The summed E-state index contributed by atoms with van der Waals surface area (Å²) in [6.07, 6.45) is 0.998. The lowest BCUT2D eigenvalue weighted by atomic mass is 10.2. The molecular weight excluding hydrogens is 184 g/mol. The molecule has 1 amide bonds. The molecule has 1 aromatic heterocycles. The summed E-state index contributed by atoms with van der Waals surface area (Å²) in [5, 5.41) is 6.02. The summed E-state index contributed by atoms with van der Waals surface area (Å²) < 4.78 is 4.72. The van der Waals surface area contributed by atoms with Crippen molar-refractivity contribution in [1.29, 1.82) is 0 Å². The highest BCUT2D eigenvalue weighted by Gasteiger charge is 2.08. The van der Waals surface area contributed by atoms with E-state index < -0.39 is 0 Å². The monoisotopic (exact) mass is 198 g/mol. The molecule has 0 fully saturated rings. The van der Waals surface area contributed by atoms with Crippen LogP contribution in [-0.4, -0.2) is 22.1 Å². The summed E-state index contributed by atoms with van der Waals surface area (Å²) in [5.74, 6) is 0.332. The number of aromatic nitrogens is 2. The Hall–Kier alpha value is -1.43. The van der Waals surface area contributed by atoms with Crippen molar-refractivity contribution in [3.63, 3.8) is 0 Å². The summed E-state index contributed by atoms with van der Waals surface area (Å²) in [6.45, 7) is 3.53. The molecule has 6 heteroatoms. The van der Waals surface area contributed by atoms with E-state index in [1.807, 2.05) is 6.92 Å². The van der Waals surface area contributed by atoms with Crippen LogP contribution in [0, 0.1) is 6.92 Å². The van der Waals surface area contributed by atoms with Crippen molar-refractivity contribution < 1.29 is 9.32 Å². The van der Waals surface area contributed by atoms with Gasteiger partial charge in [-0.3, -0.25) is 10.1 Å². The van der Waals surface area contributed by atoms with E-state index in [-0.39, 0.29) is 18.0 Å². The first-order chi connectivity index (χ1) is 6.58. The number of anilines is 1. The Labute approximate surface area is 81.9 Å². The number of nitrogens with two attached hydrogens (primary N) is 1. The van der Waals surface area contributed by atoms with Gasteiger partial charge in [-0.05, 0) is 20.3 Å². The topological polar surface area (TPSA) is 94.0 Å². The van der Waals surface area contributed by atoms with E-state index in [0.717, 1.165) is 0 Å². The fraction of sp³-hybridized carbons (Fsp3) is 0.625. The van der Waals surface area contributed by atoms with Crippen LogP contribution in [0.5, 0.6) is 0 Å². The maximum Gasteiger partial charge on any atom is 0.328 e. The van der Waals surface area contributed by atoms with Gasteiger partial charge in [0.05, 0.1) is 0 Å². The van der Waals surface area contributed by atoms with E-state index in [2.05, 4.69) is 15.5 Å². The molecular formula is C8H14N4O2. The SMILES string of the molecule is Cc1noc(NC(=O)CCC(C)N)n1. The zero-order valence-corrected chi connectivity index (χ0v) is 8.28. The van der Waals surface area contributed by atoms with Gasteiger partial charge in [0.1, 0.15) is 0 Å². The Morgan fingerprint density at radius 1 is 1.71 bits per heavy atom. The van der Waals surface area contributed by atoms with Crippen LogP contribution in [-0.2, 0) is 4.79 Å². The number of carbonyl (C=O) groups is 1. The van der Waals surface area contributed by atoms with Crippen molar-refractivity contribution in [3.8, 4) is 0 Å². The van der Waals surface area contributed by atoms with Crippen molar-refractivity contribution in [2.75, 3.05) is 5.32 Å². The molecule has 1 atom stereocenters. The van der Waals surface area contributed by atoms with Crippen LogP contribution in [0.1, 0.15) is 25.6 Å². The highest BCUT2D eigenvalue weighted by molar-refractivity contribution is 5.88. The average molecular weight is 198 g/mol. The van der Waals surface area contributed by atoms with Crippen LogP contribution in [0.15, 0.2) is 4.52 Å². The normalized spacial score (nSPS) is 12.5. The lowest BCUT2D eigenvalue weighted by Crippen LogP contribution is -2.19. The molecule has 14 heavy (non-hydrogen) atoms. The minimum Gasteiger partial charge on any atom is -0.328 e. The molecule has 0 aliphatic heterocycles. The minimum absolute atomic E-state index is 0.0187.